The number of nitrogens with zero attached hydrogens (tertiary/aromatic N) is 1. The highest BCUT2D eigenvalue weighted by Crippen LogP contribution is 2.42. The zero-order valence-electron chi connectivity index (χ0n) is 17.3. The number of benzene rings is 2. The predicted molar refractivity (Wildman–Crippen MR) is 112 cm³/mol. The van der Waals surface area contributed by atoms with E-state index in [1.165, 1.54) is 7.11 Å². The maximum absolute atomic E-state index is 12.9. The average molecular weight is 421 g/mol. The van der Waals surface area contributed by atoms with Crippen LogP contribution in [0.25, 0.3) is 6.08 Å². The largest absolute Gasteiger partial charge is 0.478 e. The van der Waals surface area contributed by atoms with Gasteiger partial charge in [-0.05, 0) is 48.7 Å². The first kappa shape index (κ1) is 19.8. The van der Waals surface area contributed by atoms with Gasteiger partial charge < -0.3 is 18.9 Å². The molecule has 3 aliphatic rings. The molecule has 0 radical (unpaired) electrons. The van der Waals surface area contributed by atoms with Crippen LogP contribution in [0.1, 0.15) is 44.7 Å². The SMILES string of the molecule is COC(=O)c1ccc(/C=C2\Oc3c(ccc4c3CN(CC3CCCO3)CO4)C2=O)cc1. The fourth-order valence-corrected chi connectivity index (χ4v) is 4.18. The van der Waals surface area contributed by atoms with Gasteiger partial charge in [0.25, 0.3) is 0 Å². The van der Waals surface area contributed by atoms with Crippen LogP contribution in [0.15, 0.2) is 42.2 Å². The molecular formula is C24H23NO6. The zero-order valence-corrected chi connectivity index (χ0v) is 17.3. The molecule has 7 heteroatoms. The molecule has 0 N–H and O–H groups in total. The van der Waals surface area contributed by atoms with E-state index in [-0.39, 0.29) is 17.6 Å². The summed E-state index contributed by atoms with van der Waals surface area (Å²) in [5.41, 5.74) is 2.64. The molecule has 7 nitrogen and oxygen atoms in total. The molecule has 1 fully saturated rings. The fourth-order valence-electron chi connectivity index (χ4n) is 4.18. The lowest BCUT2D eigenvalue weighted by molar-refractivity contribution is 0.0274. The molecule has 1 unspecified atom stereocenters. The van der Waals surface area contributed by atoms with Gasteiger partial charge in [-0.3, -0.25) is 9.69 Å². The lowest BCUT2D eigenvalue weighted by atomic mass is 10.0. The van der Waals surface area contributed by atoms with Crippen LogP contribution in [-0.2, 0) is 16.0 Å². The summed E-state index contributed by atoms with van der Waals surface area (Å²) in [5.74, 6) is 1.01. The zero-order chi connectivity index (χ0) is 21.4. The Kier molecular flexibility index (Phi) is 5.21. The Morgan fingerprint density at radius 1 is 1.23 bits per heavy atom. The Morgan fingerprint density at radius 3 is 2.81 bits per heavy atom. The van der Waals surface area contributed by atoms with E-state index < -0.39 is 5.97 Å². The van der Waals surface area contributed by atoms with Crippen LogP contribution < -0.4 is 9.47 Å². The van der Waals surface area contributed by atoms with Gasteiger partial charge in [0.2, 0.25) is 5.78 Å². The highest BCUT2D eigenvalue weighted by atomic mass is 16.5. The third-order valence-corrected chi connectivity index (χ3v) is 5.80. The van der Waals surface area contributed by atoms with E-state index in [1.807, 2.05) is 6.07 Å². The molecule has 2 aromatic rings. The van der Waals surface area contributed by atoms with Crippen molar-refractivity contribution in [2.24, 2.45) is 0 Å². The van der Waals surface area contributed by atoms with Gasteiger partial charge >= 0.3 is 5.97 Å². The van der Waals surface area contributed by atoms with E-state index in [1.54, 1.807) is 36.4 Å². The number of methoxy groups -OCH3 is 1. The minimum Gasteiger partial charge on any atom is -0.478 e. The van der Waals surface area contributed by atoms with Crippen molar-refractivity contribution in [3.05, 3.63) is 64.4 Å². The Labute approximate surface area is 180 Å². The van der Waals surface area contributed by atoms with Crippen molar-refractivity contribution in [2.45, 2.75) is 25.5 Å². The van der Waals surface area contributed by atoms with Gasteiger partial charge in [-0.2, -0.15) is 0 Å². The summed E-state index contributed by atoms with van der Waals surface area (Å²) >= 11 is 0. The first-order chi connectivity index (χ1) is 15.1. The summed E-state index contributed by atoms with van der Waals surface area (Å²) in [6.07, 6.45) is 4.07. The van der Waals surface area contributed by atoms with Gasteiger partial charge in [0.1, 0.15) is 18.2 Å². The number of ether oxygens (including phenoxy) is 4. The third kappa shape index (κ3) is 3.82. The maximum Gasteiger partial charge on any atom is 0.337 e. The van der Waals surface area contributed by atoms with Crippen molar-refractivity contribution in [3.63, 3.8) is 0 Å². The lowest BCUT2D eigenvalue weighted by Gasteiger charge is -2.31. The number of rotatable bonds is 4. The smallest absolute Gasteiger partial charge is 0.337 e. The van der Waals surface area contributed by atoms with Gasteiger partial charge in [0.15, 0.2) is 5.76 Å². The highest BCUT2D eigenvalue weighted by molar-refractivity contribution is 6.15. The average Bonchev–Trinajstić information content (AvgIpc) is 3.42. The standard InChI is InChI=1S/C24H23NO6/c1-28-24(27)16-6-4-15(5-7-16)11-21-22(26)18-8-9-20-19(23(18)31-21)13-25(14-30-20)12-17-3-2-10-29-17/h4-9,11,17H,2-3,10,12-14H2,1H3/b21-11-. The van der Waals surface area contributed by atoms with Crippen LogP contribution in [-0.4, -0.2) is 49.7 Å². The molecule has 0 amide bonds. The molecule has 0 spiro atoms. The fraction of sp³-hybridized carbons (Fsp3) is 0.333. The van der Waals surface area contributed by atoms with E-state index in [4.69, 9.17) is 18.9 Å². The van der Waals surface area contributed by atoms with Gasteiger partial charge in [-0.1, -0.05) is 12.1 Å². The molecule has 1 saturated heterocycles. The highest BCUT2D eigenvalue weighted by Gasteiger charge is 2.34. The number of carbonyl (C=O) groups excluding carboxylic acids is 2. The Balaban J connectivity index is 1.37. The van der Waals surface area contributed by atoms with Crippen LogP contribution >= 0.6 is 0 Å². The summed E-state index contributed by atoms with van der Waals surface area (Å²) in [7, 11) is 1.34. The van der Waals surface area contributed by atoms with Crippen LogP contribution in [0, 0.1) is 0 Å². The van der Waals surface area contributed by atoms with Crippen molar-refractivity contribution in [1.29, 1.82) is 0 Å². The second kappa shape index (κ2) is 8.17. The minimum absolute atomic E-state index is 0.161. The van der Waals surface area contributed by atoms with E-state index >= 15 is 0 Å². The molecule has 3 aliphatic heterocycles. The molecule has 0 aromatic heterocycles. The summed E-state index contributed by atoms with van der Waals surface area (Å²) in [6.45, 7) is 2.76. The summed E-state index contributed by atoms with van der Waals surface area (Å²) in [5, 5.41) is 0. The molecule has 0 saturated carbocycles. The van der Waals surface area contributed by atoms with Crippen molar-refractivity contribution in [2.75, 3.05) is 27.0 Å². The van der Waals surface area contributed by atoms with Gasteiger partial charge in [-0.15, -0.1) is 0 Å². The van der Waals surface area contributed by atoms with E-state index in [0.717, 1.165) is 42.9 Å². The number of fused-ring (bicyclic) bond motifs is 3. The summed E-state index contributed by atoms with van der Waals surface area (Å²) in [6, 6.07) is 10.4. The maximum atomic E-state index is 12.9. The molecular weight excluding hydrogens is 398 g/mol. The monoisotopic (exact) mass is 421 g/mol. The quantitative estimate of drug-likeness (QED) is 0.553. The minimum atomic E-state index is -0.404. The van der Waals surface area contributed by atoms with Crippen LogP contribution in [0.3, 0.4) is 0 Å². The number of ketones is 1. The molecule has 5 rings (SSSR count). The van der Waals surface area contributed by atoms with E-state index in [9.17, 15) is 9.59 Å². The van der Waals surface area contributed by atoms with Crippen molar-refractivity contribution in [1.82, 2.24) is 4.90 Å². The molecule has 0 bridgehead atoms. The summed E-state index contributed by atoms with van der Waals surface area (Å²) < 4.78 is 22.4. The van der Waals surface area contributed by atoms with Crippen molar-refractivity contribution < 1.29 is 28.5 Å². The molecule has 2 aromatic carbocycles. The van der Waals surface area contributed by atoms with E-state index in [2.05, 4.69) is 4.90 Å². The number of hydrogen-bond acceptors (Lipinski definition) is 7. The molecule has 1 atom stereocenters. The van der Waals surface area contributed by atoms with Crippen LogP contribution in [0.4, 0.5) is 0 Å². The van der Waals surface area contributed by atoms with Gasteiger partial charge in [0.05, 0.1) is 29.9 Å². The first-order valence-electron chi connectivity index (χ1n) is 10.4. The number of carbonyl (C=O) groups is 2. The number of hydrogen-bond donors (Lipinski definition) is 0. The van der Waals surface area contributed by atoms with Crippen molar-refractivity contribution >= 4 is 17.8 Å². The second-order valence-electron chi connectivity index (χ2n) is 7.89. The molecule has 0 aliphatic carbocycles. The summed E-state index contributed by atoms with van der Waals surface area (Å²) in [4.78, 5) is 26.7. The predicted octanol–water partition coefficient (Wildman–Crippen LogP) is 3.42. The normalized spacial score (nSPS) is 21.4. The number of allylic oxidation sites excluding steroid dienone is 1. The molecule has 160 valence electrons. The van der Waals surface area contributed by atoms with Crippen molar-refractivity contribution in [3.8, 4) is 11.5 Å². The van der Waals surface area contributed by atoms with Crippen LogP contribution in [0.5, 0.6) is 11.5 Å². The Morgan fingerprint density at radius 2 is 2.06 bits per heavy atom. The Hall–Kier alpha value is -3.16. The van der Waals surface area contributed by atoms with Gasteiger partial charge in [0, 0.05) is 19.7 Å². The topological polar surface area (TPSA) is 74.3 Å². The number of Topliss-reactive ketones (excluding diaryl/α,β-unsaturated/α-hetero) is 1. The third-order valence-electron chi connectivity index (χ3n) is 5.80. The van der Waals surface area contributed by atoms with E-state index in [0.29, 0.717) is 30.2 Å². The Bertz CT molecular complexity index is 1050. The lowest BCUT2D eigenvalue weighted by Crippen LogP contribution is -2.37. The number of esters is 1. The van der Waals surface area contributed by atoms with Crippen LogP contribution in [0.2, 0.25) is 0 Å². The second-order valence-corrected chi connectivity index (χ2v) is 7.89. The molecule has 31 heavy (non-hydrogen) atoms. The molecule has 3 heterocycles. The first-order valence-corrected chi connectivity index (χ1v) is 10.4. The van der Waals surface area contributed by atoms with Gasteiger partial charge in [-0.25, -0.2) is 4.79 Å².